The molecule has 0 aliphatic rings. The summed E-state index contributed by atoms with van der Waals surface area (Å²) in [6, 6.07) is 11.2. The maximum atomic E-state index is 13.1. The van der Waals surface area contributed by atoms with E-state index < -0.39 is 5.56 Å². The molecule has 2 aromatic heterocycles. The predicted molar refractivity (Wildman–Crippen MR) is 129 cm³/mol. The van der Waals surface area contributed by atoms with Crippen LogP contribution >= 0.6 is 11.3 Å². The molecule has 0 unspecified atom stereocenters. The number of halogens is 1. The van der Waals surface area contributed by atoms with Crippen LogP contribution in [0.25, 0.3) is 11.0 Å². The third-order valence-corrected chi connectivity index (χ3v) is 6.13. The first-order valence-corrected chi connectivity index (χ1v) is 11.7. The SMILES string of the molecule is COc1cc(C=c2sc3nc(=O)c(Cc4ccc(F)cc4)nn3c2=O)ccc1OCCC(C)C. The van der Waals surface area contributed by atoms with Crippen LogP contribution in [-0.2, 0) is 6.42 Å². The molecule has 0 saturated heterocycles. The van der Waals surface area contributed by atoms with Crippen LogP contribution < -0.4 is 25.1 Å². The third-order valence-electron chi connectivity index (χ3n) is 5.17. The lowest BCUT2D eigenvalue weighted by Crippen LogP contribution is -2.28. The van der Waals surface area contributed by atoms with E-state index in [2.05, 4.69) is 23.9 Å². The van der Waals surface area contributed by atoms with Gasteiger partial charge in [0.05, 0.1) is 18.2 Å². The molecule has 7 nitrogen and oxygen atoms in total. The molecule has 2 heterocycles. The third kappa shape index (κ3) is 5.31. The average Bonchev–Trinajstić information content (AvgIpc) is 3.10. The molecule has 176 valence electrons. The molecule has 2 aromatic carbocycles. The highest BCUT2D eigenvalue weighted by molar-refractivity contribution is 7.15. The summed E-state index contributed by atoms with van der Waals surface area (Å²) < 4.78 is 25.9. The molecule has 0 amide bonds. The molecule has 0 aliphatic heterocycles. The molecule has 4 aromatic rings. The Labute approximate surface area is 199 Å². The number of fused-ring (bicyclic) bond motifs is 1. The number of rotatable bonds is 8. The van der Waals surface area contributed by atoms with Crippen molar-refractivity contribution in [1.29, 1.82) is 0 Å². The molecule has 0 N–H and O–H groups in total. The van der Waals surface area contributed by atoms with Gasteiger partial charge < -0.3 is 9.47 Å². The molecule has 0 fully saturated rings. The van der Waals surface area contributed by atoms with Gasteiger partial charge in [0.1, 0.15) is 11.5 Å². The molecule has 0 spiro atoms. The van der Waals surface area contributed by atoms with Crippen LogP contribution in [0.5, 0.6) is 11.5 Å². The number of hydrogen-bond acceptors (Lipinski definition) is 7. The van der Waals surface area contributed by atoms with Gasteiger partial charge in [-0.15, -0.1) is 0 Å². The highest BCUT2D eigenvalue weighted by Crippen LogP contribution is 2.28. The second-order valence-electron chi connectivity index (χ2n) is 8.22. The first kappa shape index (κ1) is 23.6. The van der Waals surface area contributed by atoms with Gasteiger partial charge in [0.2, 0.25) is 4.96 Å². The summed E-state index contributed by atoms with van der Waals surface area (Å²) in [5, 5.41) is 4.23. The largest absolute Gasteiger partial charge is 0.493 e. The van der Waals surface area contributed by atoms with Gasteiger partial charge in [-0.05, 0) is 53.8 Å². The fourth-order valence-corrected chi connectivity index (χ4v) is 4.20. The molecule has 34 heavy (non-hydrogen) atoms. The van der Waals surface area contributed by atoms with E-state index in [1.165, 1.54) is 12.1 Å². The number of ether oxygens (including phenoxy) is 2. The summed E-state index contributed by atoms with van der Waals surface area (Å²) in [6.45, 7) is 4.85. The topological polar surface area (TPSA) is 82.8 Å². The minimum Gasteiger partial charge on any atom is -0.493 e. The molecular formula is C25H24FN3O4S. The highest BCUT2D eigenvalue weighted by Gasteiger charge is 2.12. The zero-order chi connectivity index (χ0) is 24.2. The lowest BCUT2D eigenvalue weighted by Gasteiger charge is -2.12. The summed E-state index contributed by atoms with van der Waals surface area (Å²) in [5.41, 5.74) is 0.678. The maximum Gasteiger partial charge on any atom is 0.296 e. The summed E-state index contributed by atoms with van der Waals surface area (Å²) in [6.07, 6.45) is 2.78. The monoisotopic (exact) mass is 481 g/mol. The second kappa shape index (κ2) is 10.1. The van der Waals surface area contributed by atoms with Crippen LogP contribution in [0.1, 0.15) is 37.1 Å². The number of hydrogen-bond donors (Lipinski definition) is 0. The van der Waals surface area contributed by atoms with E-state index in [-0.39, 0.29) is 28.5 Å². The van der Waals surface area contributed by atoms with Gasteiger partial charge in [0, 0.05) is 6.42 Å². The number of methoxy groups -OCH3 is 1. The molecule has 4 rings (SSSR count). The summed E-state index contributed by atoms with van der Waals surface area (Å²) >= 11 is 1.08. The van der Waals surface area contributed by atoms with Crippen molar-refractivity contribution in [3.8, 4) is 11.5 Å². The van der Waals surface area contributed by atoms with Crippen molar-refractivity contribution in [1.82, 2.24) is 14.6 Å². The van der Waals surface area contributed by atoms with Crippen LogP contribution in [-0.4, -0.2) is 28.3 Å². The second-order valence-corrected chi connectivity index (χ2v) is 9.23. The fraction of sp³-hybridized carbons (Fsp3) is 0.280. The van der Waals surface area contributed by atoms with Crippen LogP contribution in [0.2, 0.25) is 0 Å². The minimum atomic E-state index is -0.512. The first-order valence-electron chi connectivity index (χ1n) is 10.8. The Morgan fingerprint density at radius 3 is 2.59 bits per heavy atom. The Hall–Kier alpha value is -3.59. The highest BCUT2D eigenvalue weighted by atomic mass is 32.1. The van der Waals surface area contributed by atoms with Crippen LogP contribution in [0.4, 0.5) is 4.39 Å². The maximum absolute atomic E-state index is 13.1. The molecule has 0 radical (unpaired) electrons. The quantitative estimate of drug-likeness (QED) is 0.384. The van der Waals surface area contributed by atoms with Gasteiger partial charge in [-0.2, -0.15) is 14.6 Å². The van der Waals surface area contributed by atoms with E-state index in [9.17, 15) is 14.0 Å². The van der Waals surface area contributed by atoms with Crippen molar-refractivity contribution in [3.05, 3.63) is 90.3 Å². The lowest BCUT2D eigenvalue weighted by atomic mass is 10.1. The standard InChI is InChI=1S/C25H24FN3O4S/c1-15(2)10-11-33-20-9-6-17(13-21(20)32-3)14-22-24(31)29-25(34-22)27-23(30)19(28-29)12-16-4-7-18(26)8-5-16/h4-9,13-15H,10-12H2,1-3H3. The predicted octanol–water partition coefficient (Wildman–Crippen LogP) is 3.22. The van der Waals surface area contributed by atoms with Crippen molar-refractivity contribution < 1.29 is 13.9 Å². The Morgan fingerprint density at radius 2 is 1.88 bits per heavy atom. The van der Waals surface area contributed by atoms with Crippen LogP contribution in [0.15, 0.2) is 52.1 Å². The Balaban J connectivity index is 1.66. The van der Waals surface area contributed by atoms with Gasteiger partial charge in [0.25, 0.3) is 11.1 Å². The lowest BCUT2D eigenvalue weighted by molar-refractivity contribution is 0.273. The van der Waals surface area contributed by atoms with Crippen molar-refractivity contribution in [2.75, 3.05) is 13.7 Å². The minimum absolute atomic E-state index is 0.120. The van der Waals surface area contributed by atoms with Crippen molar-refractivity contribution in [2.45, 2.75) is 26.7 Å². The summed E-state index contributed by atoms with van der Waals surface area (Å²) in [5.74, 6) is 1.37. The normalized spacial score (nSPS) is 12.0. The van der Waals surface area contributed by atoms with Gasteiger partial charge in [-0.1, -0.05) is 43.4 Å². The molecule has 9 heteroatoms. The summed E-state index contributed by atoms with van der Waals surface area (Å²) in [4.78, 5) is 29.6. The van der Waals surface area contributed by atoms with Gasteiger partial charge in [-0.3, -0.25) is 9.59 Å². The van der Waals surface area contributed by atoms with E-state index in [1.54, 1.807) is 31.4 Å². The van der Waals surface area contributed by atoms with Gasteiger partial charge >= 0.3 is 0 Å². The Bertz CT molecular complexity index is 1480. The average molecular weight is 482 g/mol. The van der Waals surface area contributed by atoms with E-state index in [4.69, 9.17) is 9.47 Å². The molecule has 0 saturated carbocycles. The van der Waals surface area contributed by atoms with Gasteiger partial charge in [-0.25, -0.2) is 4.39 Å². The van der Waals surface area contributed by atoms with E-state index in [0.717, 1.165) is 27.8 Å². The molecule has 0 bridgehead atoms. The Morgan fingerprint density at radius 1 is 1.12 bits per heavy atom. The first-order chi connectivity index (χ1) is 16.3. The number of nitrogens with zero attached hydrogens (tertiary/aromatic N) is 3. The number of thiazole rings is 1. The van der Waals surface area contributed by atoms with Crippen LogP contribution in [0.3, 0.4) is 0 Å². The van der Waals surface area contributed by atoms with E-state index in [1.807, 2.05) is 12.1 Å². The van der Waals surface area contributed by atoms with Gasteiger partial charge in [0.15, 0.2) is 11.5 Å². The van der Waals surface area contributed by atoms with Crippen molar-refractivity contribution in [2.24, 2.45) is 5.92 Å². The van der Waals surface area contributed by atoms with Crippen molar-refractivity contribution >= 4 is 22.4 Å². The van der Waals surface area contributed by atoms with Crippen LogP contribution in [0, 0.1) is 11.7 Å². The van der Waals surface area contributed by atoms with Crippen molar-refractivity contribution in [3.63, 3.8) is 0 Å². The molecule has 0 aliphatic carbocycles. The zero-order valence-electron chi connectivity index (χ0n) is 19.1. The van der Waals surface area contributed by atoms with E-state index >= 15 is 0 Å². The zero-order valence-corrected chi connectivity index (χ0v) is 19.9. The molecule has 0 atom stereocenters. The summed E-state index contributed by atoms with van der Waals surface area (Å²) in [7, 11) is 1.56. The van der Waals surface area contributed by atoms with E-state index in [0.29, 0.717) is 34.1 Å². The molecular weight excluding hydrogens is 457 g/mol. The smallest absolute Gasteiger partial charge is 0.296 e. The fourth-order valence-electron chi connectivity index (χ4n) is 3.30. The number of aromatic nitrogens is 3. The number of benzene rings is 2. The Kier molecular flexibility index (Phi) is 7.02.